The molecule has 0 amide bonds. The van der Waals surface area contributed by atoms with Crippen molar-refractivity contribution in [2.24, 2.45) is 0 Å². The molecule has 0 radical (unpaired) electrons. The number of aliphatic hydroxyl groups is 1. The van der Waals surface area contributed by atoms with Gasteiger partial charge in [0.1, 0.15) is 29.8 Å². The van der Waals surface area contributed by atoms with E-state index in [2.05, 4.69) is 0 Å². The largest absolute Gasteiger partial charge is 0.518 e. The van der Waals surface area contributed by atoms with E-state index in [-0.39, 0.29) is 12.6 Å². The number of methoxy groups -OCH3 is 2. The minimum atomic E-state index is -4.11. The number of ether oxygens (including phenoxy) is 3. The first kappa shape index (κ1) is 22.3. The van der Waals surface area contributed by atoms with E-state index in [0.717, 1.165) is 0 Å². The van der Waals surface area contributed by atoms with Gasteiger partial charge in [0, 0.05) is 20.8 Å². The van der Waals surface area contributed by atoms with Crippen LogP contribution in [0.3, 0.4) is 0 Å². The fourth-order valence-corrected chi connectivity index (χ4v) is 6.41. The molecule has 0 saturated carbocycles. The summed E-state index contributed by atoms with van der Waals surface area (Å²) in [5.41, 5.74) is -1.78. The van der Waals surface area contributed by atoms with E-state index in [4.69, 9.17) is 23.3 Å². The third kappa shape index (κ3) is 4.00. The molecule has 8 nitrogen and oxygen atoms in total. The molecule has 2 heterocycles. The standard InChI is InChI=1S/C22H28NO7P/c1-16-20(26-2)21(27-3)22(24)19(28-16)14-15-23(22)31(25,29-17-10-6-4-7-11-17)30-18-12-8-5-9-13-18/h4-13,16,19-21,24H,14-15H2,1-3H3/t16-,19-,20-,21+,22-/m0/s1. The first-order valence-corrected chi connectivity index (χ1v) is 11.7. The SMILES string of the molecule is CO[C@H]1[C@H](C)O[C@H]2CCN(P(=O)(Oc3ccccc3)Oc3ccccc3)[C@@]2(O)[C@@H]1OC. The van der Waals surface area contributed by atoms with E-state index in [9.17, 15) is 9.67 Å². The predicted octanol–water partition coefficient (Wildman–Crippen LogP) is 3.46. The quantitative estimate of drug-likeness (QED) is 0.644. The molecule has 0 unspecified atom stereocenters. The molecule has 0 bridgehead atoms. The highest BCUT2D eigenvalue weighted by molar-refractivity contribution is 7.52. The maximum atomic E-state index is 14.3. The summed E-state index contributed by atoms with van der Waals surface area (Å²) in [6, 6.07) is 17.5. The number of para-hydroxylation sites is 2. The van der Waals surface area contributed by atoms with E-state index in [0.29, 0.717) is 17.9 Å². The minimum Gasteiger partial charge on any atom is -0.404 e. The summed E-state index contributed by atoms with van der Waals surface area (Å²) in [7, 11) is -1.09. The smallest absolute Gasteiger partial charge is 0.404 e. The second-order valence-electron chi connectivity index (χ2n) is 7.66. The summed E-state index contributed by atoms with van der Waals surface area (Å²) in [6.07, 6.45) is -1.94. The average molecular weight is 449 g/mol. The van der Waals surface area contributed by atoms with Crippen molar-refractivity contribution in [3.63, 3.8) is 0 Å². The fourth-order valence-electron chi connectivity index (χ4n) is 4.41. The van der Waals surface area contributed by atoms with Crippen molar-refractivity contribution in [2.45, 2.75) is 43.5 Å². The highest BCUT2D eigenvalue weighted by Crippen LogP contribution is 2.60. The molecule has 2 fully saturated rings. The first-order chi connectivity index (χ1) is 14.9. The molecule has 1 N–H and O–H groups in total. The van der Waals surface area contributed by atoms with Gasteiger partial charge in [-0.3, -0.25) is 0 Å². The van der Waals surface area contributed by atoms with E-state index in [1.54, 1.807) is 48.5 Å². The lowest BCUT2D eigenvalue weighted by Crippen LogP contribution is -2.69. The average Bonchev–Trinajstić information content (AvgIpc) is 3.11. The van der Waals surface area contributed by atoms with Gasteiger partial charge in [-0.1, -0.05) is 36.4 Å². The molecule has 31 heavy (non-hydrogen) atoms. The molecule has 0 aromatic heterocycles. The van der Waals surface area contributed by atoms with Gasteiger partial charge in [-0.25, -0.2) is 4.57 Å². The molecule has 2 aromatic rings. The molecule has 2 aliphatic rings. The van der Waals surface area contributed by atoms with Crippen LogP contribution in [0.15, 0.2) is 60.7 Å². The molecular weight excluding hydrogens is 421 g/mol. The Morgan fingerprint density at radius 2 is 1.55 bits per heavy atom. The molecule has 5 atom stereocenters. The van der Waals surface area contributed by atoms with Gasteiger partial charge in [0.05, 0.1) is 6.10 Å². The van der Waals surface area contributed by atoms with Crippen LogP contribution in [0.25, 0.3) is 0 Å². The third-order valence-electron chi connectivity index (χ3n) is 5.80. The topological polar surface area (TPSA) is 86.7 Å². The van der Waals surface area contributed by atoms with Gasteiger partial charge < -0.3 is 28.4 Å². The fraction of sp³-hybridized carbons (Fsp3) is 0.455. The summed E-state index contributed by atoms with van der Waals surface area (Å²) in [5.74, 6) is 0.715. The van der Waals surface area contributed by atoms with E-state index >= 15 is 0 Å². The summed E-state index contributed by atoms with van der Waals surface area (Å²) in [5, 5.41) is 11.9. The van der Waals surface area contributed by atoms with Crippen LogP contribution in [0.2, 0.25) is 0 Å². The Labute approximate surface area is 182 Å². The minimum absolute atomic E-state index is 0.223. The lowest BCUT2D eigenvalue weighted by atomic mass is 9.90. The zero-order valence-electron chi connectivity index (χ0n) is 17.8. The highest BCUT2D eigenvalue weighted by Gasteiger charge is 2.67. The summed E-state index contributed by atoms with van der Waals surface area (Å²) in [4.78, 5) is 0. The molecular formula is C22H28NO7P. The predicted molar refractivity (Wildman–Crippen MR) is 114 cm³/mol. The van der Waals surface area contributed by atoms with Crippen molar-refractivity contribution < 1.29 is 32.9 Å². The number of nitrogens with zero attached hydrogens (tertiary/aromatic N) is 1. The number of fused-ring (bicyclic) bond motifs is 1. The van der Waals surface area contributed by atoms with Crippen LogP contribution < -0.4 is 9.05 Å². The van der Waals surface area contributed by atoms with Crippen molar-refractivity contribution in [2.75, 3.05) is 20.8 Å². The van der Waals surface area contributed by atoms with Gasteiger partial charge in [0.15, 0.2) is 5.72 Å². The lowest BCUT2D eigenvalue weighted by Gasteiger charge is -2.50. The molecule has 0 aliphatic carbocycles. The van der Waals surface area contributed by atoms with Crippen molar-refractivity contribution >= 4 is 7.75 Å². The summed E-state index contributed by atoms with van der Waals surface area (Å²) >= 11 is 0. The highest BCUT2D eigenvalue weighted by atomic mass is 31.2. The number of rotatable bonds is 7. The zero-order chi connectivity index (χ0) is 22.1. The number of hydrogen-bond acceptors (Lipinski definition) is 7. The van der Waals surface area contributed by atoms with Gasteiger partial charge in [-0.2, -0.15) is 4.67 Å². The Kier molecular flexibility index (Phi) is 6.40. The maximum Gasteiger partial charge on any atom is 0.518 e. The van der Waals surface area contributed by atoms with Gasteiger partial charge in [0.25, 0.3) is 0 Å². The van der Waals surface area contributed by atoms with Crippen molar-refractivity contribution in [1.29, 1.82) is 0 Å². The van der Waals surface area contributed by atoms with Crippen LogP contribution >= 0.6 is 7.75 Å². The Balaban J connectivity index is 1.76. The molecule has 0 spiro atoms. The second kappa shape index (κ2) is 8.90. The number of hydrogen-bond donors (Lipinski definition) is 1. The van der Waals surface area contributed by atoms with E-state index in [1.165, 1.54) is 18.9 Å². The zero-order valence-corrected chi connectivity index (χ0v) is 18.7. The van der Waals surface area contributed by atoms with Crippen LogP contribution in [0.4, 0.5) is 0 Å². The van der Waals surface area contributed by atoms with Gasteiger partial charge in [0.2, 0.25) is 0 Å². The van der Waals surface area contributed by atoms with E-state index < -0.39 is 31.8 Å². The molecule has 2 aromatic carbocycles. The second-order valence-corrected chi connectivity index (χ2v) is 9.44. The van der Waals surface area contributed by atoms with Gasteiger partial charge in [-0.15, -0.1) is 0 Å². The Bertz CT molecular complexity index is 869. The Morgan fingerprint density at radius 1 is 1.00 bits per heavy atom. The normalized spacial score (nSPS) is 31.2. The Morgan fingerprint density at radius 3 is 2.03 bits per heavy atom. The lowest BCUT2D eigenvalue weighted by molar-refractivity contribution is -0.292. The first-order valence-electron chi connectivity index (χ1n) is 10.2. The van der Waals surface area contributed by atoms with Crippen LogP contribution in [0, 0.1) is 0 Å². The Hall–Kier alpha value is -1.93. The summed E-state index contributed by atoms with van der Waals surface area (Å²) < 4.78 is 44.8. The van der Waals surface area contributed by atoms with Crippen LogP contribution in [-0.2, 0) is 18.8 Å². The molecule has 4 rings (SSSR count). The van der Waals surface area contributed by atoms with E-state index in [1.807, 2.05) is 19.1 Å². The van der Waals surface area contributed by atoms with Crippen molar-refractivity contribution in [1.82, 2.24) is 4.67 Å². The van der Waals surface area contributed by atoms with Crippen LogP contribution in [0.1, 0.15) is 13.3 Å². The van der Waals surface area contributed by atoms with Crippen LogP contribution in [0.5, 0.6) is 11.5 Å². The summed E-state index contributed by atoms with van der Waals surface area (Å²) in [6.45, 7) is 2.09. The van der Waals surface area contributed by atoms with Crippen molar-refractivity contribution in [3.8, 4) is 11.5 Å². The van der Waals surface area contributed by atoms with Crippen LogP contribution in [-0.4, -0.2) is 60.7 Å². The third-order valence-corrected chi connectivity index (χ3v) is 7.79. The molecule has 2 aliphatic heterocycles. The molecule has 168 valence electrons. The van der Waals surface area contributed by atoms with Crippen molar-refractivity contribution in [3.05, 3.63) is 60.7 Å². The molecule has 9 heteroatoms. The molecule has 2 saturated heterocycles. The van der Waals surface area contributed by atoms with Gasteiger partial charge in [-0.05, 0) is 37.6 Å². The number of benzene rings is 2. The van der Waals surface area contributed by atoms with Gasteiger partial charge >= 0.3 is 7.75 Å². The maximum absolute atomic E-state index is 14.3. The monoisotopic (exact) mass is 449 g/mol.